The number of hydrogen-bond donors (Lipinski definition) is 0. The Kier molecular flexibility index (Phi) is 5.84. The molecule has 160 valence electrons. The third kappa shape index (κ3) is 4.21. The van der Waals surface area contributed by atoms with E-state index >= 15 is 0 Å². The minimum absolute atomic E-state index is 0.139. The summed E-state index contributed by atoms with van der Waals surface area (Å²) in [7, 11) is 0. The molecule has 0 saturated carbocycles. The third-order valence-corrected chi connectivity index (χ3v) is 5.69. The highest BCUT2D eigenvalue weighted by Crippen LogP contribution is 2.26. The predicted octanol–water partition coefficient (Wildman–Crippen LogP) is 3.04. The van der Waals surface area contributed by atoms with Crippen molar-refractivity contribution in [3.05, 3.63) is 70.8 Å². The second-order valence-electron chi connectivity index (χ2n) is 7.88. The zero-order valence-electron chi connectivity index (χ0n) is 17.4. The maximum absolute atomic E-state index is 12.8. The van der Waals surface area contributed by atoms with E-state index in [1.54, 1.807) is 11.8 Å². The first kappa shape index (κ1) is 20.8. The summed E-state index contributed by atoms with van der Waals surface area (Å²) in [6.07, 6.45) is 2.09. The van der Waals surface area contributed by atoms with Gasteiger partial charge in [0.05, 0.1) is 23.2 Å². The highest BCUT2D eigenvalue weighted by molar-refractivity contribution is 6.21. The maximum Gasteiger partial charge on any atom is 0.338 e. The van der Waals surface area contributed by atoms with Gasteiger partial charge in [0.15, 0.2) is 6.10 Å². The van der Waals surface area contributed by atoms with Crippen LogP contribution in [0.25, 0.3) is 0 Å². The van der Waals surface area contributed by atoms with Crippen LogP contribution >= 0.6 is 0 Å². The van der Waals surface area contributed by atoms with Gasteiger partial charge in [0.25, 0.3) is 17.7 Å². The number of esters is 1. The van der Waals surface area contributed by atoms with Crippen molar-refractivity contribution >= 4 is 23.7 Å². The Morgan fingerprint density at radius 3 is 2.32 bits per heavy atom. The SMILES string of the molecule is C[C@@H](OC(=O)c1ccc2c(c1)C(=O)N(Cc1ccccc1)C2=O)C(=O)N1CCCCC1. The largest absolute Gasteiger partial charge is 0.449 e. The molecule has 0 spiro atoms. The third-order valence-electron chi connectivity index (χ3n) is 5.69. The molecule has 31 heavy (non-hydrogen) atoms. The van der Waals surface area contributed by atoms with Gasteiger partial charge in [-0.2, -0.15) is 0 Å². The summed E-state index contributed by atoms with van der Waals surface area (Å²) in [5, 5.41) is 0. The number of piperidine rings is 1. The number of hydrogen-bond acceptors (Lipinski definition) is 5. The van der Waals surface area contributed by atoms with Crippen molar-refractivity contribution in [1.29, 1.82) is 0 Å². The lowest BCUT2D eigenvalue weighted by Crippen LogP contribution is -2.42. The number of ether oxygens (including phenoxy) is 1. The molecule has 3 amide bonds. The van der Waals surface area contributed by atoms with E-state index < -0.39 is 23.9 Å². The second kappa shape index (κ2) is 8.71. The minimum Gasteiger partial charge on any atom is -0.449 e. The van der Waals surface area contributed by atoms with Gasteiger partial charge in [-0.25, -0.2) is 4.79 Å². The molecule has 2 aliphatic heterocycles. The van der Waals surface area contributed by atoms with Crippen LogP contribution in [0.4, 0.5) is 0 Å². The van der Waals surface area contributed by atoms with Gasteiger partial charge < -0.3 is 9.64 Å². The van der Waals surface area contributed by atoms with Gasteiger partial charge in [0.2, 0.25) is 0 Å². The van der Waals surface area contributed by atoms with Crippen LogP contribution in [0, 0.1) is 0 Å². The van der Waals surface area contributed by atoms with E-state index in [0.717, 1.165) is 29.7 Å². The first-order chi connectivity index (χ1) is 15.0. The van der Waals surface area contributed by atoms with E-state index in [9.17, 15) is 19.2 Å². The Bertz CT molecular complexity index is 1030. The van der Waals surface area contributed by atoms with E-state index in [2.05, 4.69) is 0 Å². The van der Waals surface area contributed by atoms with Crippen LogP contribution in [-0.4, -0.2) is 52.7 Å². The van der Waals surface area contributed by atoms with Gasteiger partial charge in [-0.3, -0.25) is 19.3 Å². The lowest BCUT2D eigenvalue weighted by atomic mass is 10.1. The molecule has 1 fully saturated rings. The molecule has 1 atom stereocenters. The van der Waals surface area contributed by atoms with Crippen molar-refractivity contribution in [3.63, 3.8) is 0 Å². The summed E-state index contributed by atoms with van der Waals surface area (Å²) in [4.78, 5) is 53.5. The molecule has 7 nitrogen and oxygen atoms in total. The quantitative estimate of drug-likeness (QED) is 0.548. The Hall–Kier alpha value is -3.48. The first-order valence-electron chi connectivity index (χ1n) is 10.5. The van der Waals surface area contributed by atoms with Crippen molar-refractivity contribution in [2.75, 3.05) is 13.1 Å². The molecule has 7 heteroatoms. The first-order valence-corrected chi connectivity index (χ1v) is 10.5. The predicted molar refractivity (Wildman–Crippen MR) is 112 cm³/mol. The van der Waals surface area contributed by atoms with Crippen molar-refractivity contribution in [2.24, 2.45) is 0 Å². The van der Waals surface area contributed by atoms with Gasteiger partial charge in [0.1, 0.15) is 0 Å². The van der Waals surface area contributed by atoms with Crippen LogP contribution in [0.2, 0.25) is 0 Å². The molecular weight excluding hydrogens is 396 g/mol. The molecule has 0 aliphatic carbocycles. The van der Waals surface area contributed by atoms with Crippen LogP contribution < -0.4 is 0 Å². The van der Waals surface area contributed by atoms with Crippen LogP contribution in [0.5, 0.6) is 0 Å². The summed E-state index contributed by atoms with van der Waals surface area (Å²) in [5.41, 5.74) is 1.40. The number of nitrogens with zero attached hydrogens (tertiary/aromatic N) is 2. The number of amides is 3. The molecule has 0 unspecified atom stereocenters. The summed E-state index contributed by atoms with van der Waals surface area (Å²) >= 11 is 0. The van der Waals surface area contributed by atoms with Gasteiger partial charge in [-0.15, -0.1) is 0 Å². The van der Waals surface area contributed by atoms with Crippen LogP contribution in [-0.2, 0) is 16.1 Å². The second-order valence-corrected chi connectivity index (χ2v) is 7.88. The summed E-state index contributed by atoms with van der Waals surface area (Å²) in [6, 6.07) is 13.5. The zero-order valence-corrected chi connectivity index (χ0v) is 17.4. The number of likely N-dealkylation sites (tertiary alicyclic amines) is 1. The van der Waals surface area contributed by atoms with Crippen LogP contribution in [0.1, 0.15) is 62.8 Å². The van der Waals surface area contributed by atoms with Crippen molar-refractivity contribution in [3.8, 4) is 0 Å². The van der Waals surface area contributed by atoms with Gasteiger partial charge in [-0.05, 0) is 49.9 Å². The van der Waals surface area contributed by atoms with E-state index in [-0.39, 0.29) is 29.1 Å². The standard InChI is InChI=1S/C24H24N2O5/c1-16(21(27)25-12-6-3-7-13-25)31-24(30)18-10-11-19-20(14-18)23(29)26(22(19)28)15-17-8-4-2-5-9-17/h2,4-5,8-11,14,16H,3,6-7,12-13,15H2,1H3/t16-/m1/s1. The fourth-order valence-electron chi connectivity index (χ4n) is 3.98. The molecule has 0 bridgehead atoms. The van der Waals surface area contributed by atoms with E-state index in [1.165, 1.54) is 18.2 Å². The monoisotopic (exact) mass is 420 g/mol. The molecule has 2 aromatic carbocycles. The van der Waals surface area contributed by atoms with Crippen molar-refractivity contribution in [1.82, 2.24) is 9.80 Å². The maximum atomic E-state index is 12.8. The number of fused-ring (bicyclic) bond motifs is 1. The molecular formula is C24H24N2O5. The Morgan fingerprint density at radius 2 is 1.61 bits per heavy atom. The van der Waals surface area contributed by atoms with E-state index in [0.29, 0.717) is 13.1 Å². The highest BCUT2D eigenvalue weighted by atomic mass is 16.5. The lowest BCUT2D eigenvalue weighted by Gasteiger charge is -2.28. The van der Waals surface area contributed by atoms with E-state index in [4.69, 9.17) is 4.74 Å². The number of imide groups is 1. The fourth-order valence-corrected chi connectivity index (χ4v) is 3.98. The Labute approximate surface area is 180 Å². The summed E-state index contributed by atoms with van der Waals surface area (Å²) in [6.45, 7) is 3.06. The van der Waals surface area contributed by atoms with Crippen molar-refractivity contribution in [2.45, 2.75) is 38.8 Å². The summed E-state index contributed by atoms with van der Waals surface area (Å²) < 4.78 is 5.36. The molecule has 0 N–H and O–H groups in total. The van der Waals surface area contributed by atoms with Gasteiger partial charge >= 0.3 is 5.97 Å². The normalized spacial score (nSPS) is 16.8. The topological polar surface area (TPSA) is 84.0 Å². The molecule has 4 rings (SSSR count). The zero-order chi connectivity index (χ0) is 22.0. The minimum atomic E-state index is -0.911. The Balaban J connectivity index is 1.46. The molecule has 0 radical (unpaired) electrons. The Morgan fingerprint density at radius 1 is 0.935 bits per heavy atom. The number of rotatable bonds is 5. The number of benzene rings is 2. The molecule has 2 aromatic rings. The lowest BCUT2D eigenvalue weighted by molar-refractivity contribution is -0.140. The molecule has 2 heterocycles. The smallest absolute Gasteiger partial charge is 0.338 e. The van der Waals surface area contributed by atoms with Gasteiger partial charge in [0, 0.05) is 13.1 Å². The average molecular weight is 420 g/mol. The fraction of sp³-hybridized carbons (Fsp3) is 0.333. The summed E-state index contributed by atoms with van der Waals surface area (Å²) in [5.74, 6) is -1.75. The number of carbonyl (C=O) groups excluding carboxylic acids is 4. The average Bonchev–Trinajstić information content (AvgIpc) is 3.04. The van der Waals surface area contributed by atoms with Crippen molar-refractivity contribution < 1.29 is 23.9 Å². The van der Waals surface area contributed by atoms with Crippen LogP contribution in [0.15, 0.2) is 48.5 Å². The van der Waals surface area contributed by atoms with E-state index in [1.807, 2.05) is 30.3 Å². The molecule has 2 aliphatic rings. The van der Waals surface area contributed by atoms with Crippen LogP contribution in [0.3, 0.4) is 0 Å². The van der Waals surface area contributed by atoms with Gasteiger partial charge in [-0.1, -0.05) is 30.3 Å². The number of carbonyl (C=O) groups is 4. The highest BCUT2D eigenvalue weighted by Gasteiger charge is 2.36. The molecule has 1 saturated heterocycles. The molecule has 0 aromatic heterocycles.